The molecule has 0 amide bonds. The number of aryl methyl sites for hydroxylation is 1. The van der Waals surface area contributed by atoms with Crippen molar-refractivity contribution in [3.05, 3.63) is 47.8 Å². The predicted molar refractivity (Wildman–Crippen MR) is 80.7 cm³/mol. The van der Waals surface area contributed by atoms with Crippen LogP contribution in [0.5, 0.6) is 5.75 Å². The van der Waals surface area contributed by atoms with Crippen LogP contribution in [0.15, 0.2) is 30.7 Å². The van der Waals surface area contributed by atoms with Crippen LogP contribution in [0, 0.1) is 5.82 Å². The van der Waals surface area contributed by atoms with Crippen LogP contribution in [0.4, 0.5) is 4.39 Å². The summed E-state index contributed by atoms with van der Waals surface area (Å²) in [7, 11) is 1.84. The highest BCUT2D eigenvalue weighted by Gasteiger charge is 2.12. The predicted octanol–water partition coefficient (Wildman–Crippen LogP) is 3.29. The van der Waals surface area contributed by atoms with Gasteiger partial charge in [0.05, 0.1) is 18.2 Å². The number of nitrogens with one attached hydrogen (secondary N) is 1. The van der Waals surface area contributed by atoms with E-state index in [4.69, 9.17) is 4.74 Å². The molecule has 1 aromatic heterocycles. The molecule has 1 N–H and O–H groups in total. The van der Waals surface area contributed by atoms with Crippen molar-refractivity contribution in [1.29, 1.82) is 0 Å². The second-order valence-electron chi connectivity index (χ2n) is 5.06. The Kier molecular flexibility index (Phi) is 5.33. The van der Waals surface area contributed by atoms with Crippen LogP contribution in [0.3, 0.4) is 0 Å². The zero-order valence-electron chi connectivity index (χ0n) is 12.8. The molecule has 0 aliphatic carbocycles. The van der Waals surface area contributed by atoms with E-state index in [9.17, 15) is 4.39 Å². The van der Waals surface area contributed by atoms with Crippen molar-refractivity contribution in [2.75, 3.05) is 7.05 Å². The number of aromatic nitrogens is 2. The van der Waals surface area contributed by atoms with Gasteiger partial charge in [-0.1, -0.05) is 6.92 Å². The Morgan fingerprint density at radius 1 is 1.43 bits per heavy atom. The molecule has 5 heteroatoms. The van der Waals surface area contributed by atoms with Crippen LogP contribution in [-0.4, -0.2) is 16.6 Å². The molecule has 1 heterocycles. The maximum absolute atomic E-state index is 13.4. The van der Waals surface area contributed by atoms with Gasteiger partial charge in [0, 0.05) is 18.2 Å². The number of halogens is 1. The molecule has 4 nitrogen and oxygen atoms in total. The molecule has 21 heavy (non-hydrogen) atoms. The van der Waals surface area contributed by atoms with Crippen LogP contribution in [-0.2, 0) is 13.2 Å². The Bertz CT molecular complexity index is 583. The highest BCUT2D eigenvalue weighted by molar-refractivity contribution is 5.36. The highest BCUT2D eigenvalue weighted by atomic mass is 19.1. The molecular formula is C16H22FN3O. The quantitative estimate of drug-likeness (QED) is 0.851. The fourth-order valence-electron chi connectivity index (χ4n) is 2.21. The standard InChI is InChI=1S/C16H22FN3O/c1-4-7-20-11-19-9-14(20)10-21-16-6-5-13(17)8-15(16)12(2)18-3/h5-6,8-9,11-12,18H,4,7,10H2,1-3H3. The van der Waals surface area contributed by atoms with Gasteiger partial charge in [0.2, 0.25) is 0 Å². The van der Waals surface area contributed by atoms with Gasteiger partial charge in [0.1, 0.15) is 18.2 Å². The third-order valence-corrected chi connectivity index (χ3v) is 3.51. The average molecular weight is 291 g/mol. The normalized spacial score (nSPS) is 12.4. The molecule has 0 fully saturated rings. The summed E-state index contributed by atoms with van der Waals surface area (Å²) in [5, 5.41) is 3.11. The van der Waals surface area contributed by atoms with Crippen LogP contribution < -0.4 is 10.1 Å². The SMILES string of the molecule is CCCn1cncc1COc1ccc(F)cc1C(C)NC. The lowest BCUT2D eigenvalue weighted by atomic mass is 10.1. The van der Waals surface area contributed by atoms with Gasteiger partial charge in [-0.3, -0.25) is 0 Å². The van der Waals surface area contributed by atoms with Crippen molar-refractivity contribution < 1.29 is 9.13 Å². The monoisotopic (exact) mass is 291 g/mol. The minimum Gasteiger partial charge on any atom is -0.487 e. The average Bonchev–Trinajstić information content (AvgIpc) is 2.93. The summed E-state index contributed by atoms with van der Waals surface area (Å²) < 4.78 is 21.4. The van der Waals surface area contributed by atoms with Crippen molar-refractivity contribution >= 4 is 0 Å². The summed E-state index contributed by atoms with van der Waals surface area (Å²) >= 11 is 0. The second kappa shape index (κ2) is 7.22. The highest BCUT2D eigenvalue weighted by Crippen LogP contribution is 2.26. The fraction of sp³-hybridized carbons (Fsp3) is 0.438. The topological polar surface area (TPSA) is 39.1 Å². The van der Waals surface area contributed by atoms with E-state index in [0.29, 0.717) is 12.4 Å². The first-order valence-electron chi connectivity index (χ1n) is 7.24. The molecule has 0 radical (unpaired) electrons. The van der Waals surface area contributed by atoms with Gasteiger partial charge in [-0.05, 0) is 38.6 Å². The number of imidazole rings is 1. The number of benzene rings is 1. The summed E-state index contributed by atoms with van der Waals surface area (Å²) in [6, 6.07) is 4.64. The minimum absolute atomic E-state index is 0.0243. The Balaban J connectivity index is 2.14. The molecule has 0 spiro atoms. The van der Waals surface area contributed by atoms with Gasteiger partial charge in [-0.25, -0.2) is 9.37 Å². The summed E-state index contributed by atoms with van der Waals surface area (Å²) in [6.07, 6.45) is 4.66. The molecule has 2 rings (SSSR count). The molecule has 1 aromatic carbocycles. The zero-order chi connectivity index (χ0) is 15.2. The Morgan fingerprint density at radius 2 is 2.24 bits per heavy atom. The van der Waals surface area contributed by atoms with Crippen molar-refractivity contribution in [1.82, 2.24) is 14.9 Å². The van der Waals surface area contributed by atoms with Gasteiger partial charge >= 0.3 is 0 Å². The van der Waals surface area contributed by atoms with Gasteiger partial charge < -0.3 is 14.6 Å². The molecule has 0 saturated heterocycles. The first kappa shape index (κ1) is 15.5. The smallest absolute Gasteiger partial charge is 0.130 e. The summed E-state index contributed by atoms with van der Waals surface area (Å²) in [4.78, 5) is 4.15. The molecule has 2 aromatic rings. The van der Waals surface area contributed by atoms with Crippen molar-refractivity contribution in [2.24, 2.45) is 0 Å². The van der Waals surface area contributed by atoms with Crippen molar-refractivity contribution in [3.8, 4) is 5.75 Å². The van der Waals surface area contributed by atoms with Gasteiger partial charge in [0.25, 0.3) is 0 Å². The van der Waals surface area contributed by atoms with Crippen LogP contribution in [0.2, 0.25) is 0 Å². The fourth-order valence-corrected chi connectivity index (χ4v) is 2.21. The number of hydrogen-bond acceptors (Lipinski definition) is 3. The largest absolute Gasteiger partial charge is 0.487 e. The Morgan fingerprint density at radius 3 is 2.95 bits per heavy atom. The summed E-state index contributed by atoms with van der Waals surface area (Å²) in [6.45, 7) is 5.44. The Hall–Kier alpha value is -1.88. The van der Waals surface area contributed by atoms with E-state index >= 15 is 0 Å². The third kappa shape index (κ3) is 3.82. The van der Waals surface area contributed by atoms with E-state index in [-0.39, 0.29) is 11.9 Å². The molecule has 114 valence electrons. The molecule has 0 aliphatic heterocycles. The second-order valence-corrected chi connectivity index (χ2v) is 5.06. The summed E-state index contributed by atoms with van der Waals surface area (Å²) in [5.41, 5.74) is 1.84. The minimum atomic E-state index is -0.254. The van der Waals surface area contributed by atoms with Crippen molar-refractivity contribution in [3.63, 3.8) is 0 Å². The third-order valence-electron chi connectivity index (χ3n) is 3.51. The molecule has 1 atom stereocenters. The van der Waals surface area contributed by atoms with E-state index in [0.717, 1.165) is 24.2 Å². The maximum Gasteiger partial charge on any atom is 0.130 e. The Labute approximate surface area is 125 Å². The van der Waals surface area contributed by atoms with Crippen LogP contribution in [0.25, 0.3) is 0 Å². The first-order chi connectivity index (χ1) is 10.2. The van der Waals surface area contributed by atoms with E-state index in [1.165, 1.54) is 12.1 Å². The lowest BCUT2D eigenvalue weighted by Gasteiger charge is -2.17. The first-order valence-corrected chi connectivity index (χ1v) is 7.24. The molecule has 0 aliphatic rings. The van der Waals surface area contributed by atoms with Gasteiger partial charge in [-0.15, -0.1) is 0 Å². The van der Waals surface area contributed by atoms with E-state index < -0.39 is 0 Å². The summed E-state index contributed by atoms with van der Waals surface area (Å²) in [5.74, 6) is 0.443. The lowest BCUT2D eigenvalue weighted by molar-refractivity contribution is 0.288. The van der Waals surface area contributed by atoms with Crippen LogP contribution in [0.1, 0.15) is 37.6 Å². The molecule has 1 unspecified atom stereocenters. The molecular weight excluding hydrogens is 269 g/mol. The molecule has 0 bridgehead atoms. The number of rotatable bonds is 7. The van der Waals surface area contributed by atoms with E-state index in [2.05, 4.69) is 21.8 Å². The molecule has 0 saturated carbocycles. The van der Waals surface area contributed by atoms with E-state index in [1.807, 2.05) is 20.3 Å². The number of hydrogen-bond donors (Lipinski definition) is 1. The number of ether oxygens (including phenoxy) is 1. The van der Waals surface area contributed by atoms with Gasteiger partial charge in [0.15, 0.2) is 0 Å². The number of nitrogens with zero attached hydrogens (tertiary/aromatic N) is 2. The maximum atomic E-state index is 13.4. The lowest BCUT2D eigenvalue weighted by Crippen LogP contribution is -2.14. The van der Waals surface area contributed by atoms with Crippen molar-refractivity contribution in [2.45, 2.75) is 39.5 Å². The van der Waals surface area contributed by atoms with Gasteiger partial charge in [-0.2, -0.15) is 0 Å². The van der Waals surface area contributed by atoms with Crippen LogP contribution >= 0.6 is 0 Å². The zero-order valence-corrected chi connectivity index (χ0v) is 12.8. The van der Waals surface area contributed by atoms with E-state index in [1.54, 1.807) is 12.3 Å².